The highest BCUT2D eigenvalue weighted by Crippen LogP contribution is 2.34. The zero-order valence-corrected chi connectivity index (χ0v) is 15.6. The minimum atomic E-state index is 0.668. The van der Waals surface area contributed by atoms with Crippen molar-refractivity contribution in [2.24, 2.45) is 0 Å². The molecule has 19 heavy (non-hydrogen) atoms. The Balaban J connectivity index is 2.51. The molecule has 0 fully saturated rings. The number of hydrogen-bond donors (Lipinski definition) is 1. The summed E-state index contributed by atoms with van der Waals surface area (Å²) in [6, 6.07) is 4.22. The molecule has 0 saturated heterocycles. The van der Waals surface area contributed by atoms with Crippen LogP contribution in [0.5, 0.6) is 5.75 Å². The summed E-state index contributed by atoms with van der Waals surface area (Å²) in [6.45, 7) is 6.84. The van der Waals surface area contributed by atoms with E-state index in [0.717, 1.165) is 27.8 Å². The van der Waals surface area contributed by atoms with Gasteiger partial charge in [0.1, 0.15) is 5.75 Å². The Morgan fingerprint density at radius 1 is 1.32 bits per heavy atom. The maximum Gasteiger partial charge on any atom is 0.147 e. The molecule has 0 saturated carbocycles. The van der Waals surface area contributed by atoms with Gasteiger partial charge >= 0.3 is 0 Å². The van der Waals surface area contributed by atoms with Gasteiger partial charge in [-0.1, -0.05) is 6.92 Å². The summed E-state index contributed by atoms with van der Waals surface area (Å²) >= 11 is 9.02. The number of nitrogens with one attached hydrogen (secondary N) is 1. The van der Waals surface area contributed by atoms with Gasteiger partial charge in [0.25, 0.3) is 0 Å². The Kier molecular flexibility index (Phi) is 8.46. The van der Waals surface area contributed by atoms with Crippen molar-refractivity contribution in [3.8, 4) is 5.75 Å². The van der Waals surface area contributed by atoms with E-state index in [9.17, 15) is 0 Å². The van der Waals surface area contributed by atoms with Gasteiger partial charge < -0.3 is 10.1 Å². The third-order valence-electron chi connectivity index (χ3n) is 2.81. The van der Waals surface area contributed by atoms with Gasteiger partial charge in [-0.15, -0.1) is 0 Å². The summed E-state index contributed by atoms with van der Waals surface area (Å²) in [7, 11) is 0. The quantitative estimate of drug-likeness (QED) is 0.619. The Morgan fingerprint density at radius 2 is 1.95 bits per heavy atom. The molecule has 1 rings (SSSR count). The van der Waals surface area contributed by atoms with Crippen molar-refractivity contribution in [1.29, 1.82) is 0 Å². The van der Waals surface area contributed by atoms with Gasteiger partial charge in [0, 0.05) is 11.8 Å². The molecule has 0 spiro atoms. The van der Waals surface area contributed by atoms with E-state index in [4.69, 9.17) is 4.74 Å². The summed E-state index contributed by atoms with van der Waals surface area (Å²) in [5.41, 5.74) is 1.25. The van der Waals surface area contributed by atoms with Gasteiger partial charge in [0.05, 0.1) is 15.6 Å². The normalized spacial score (nSPS) is 12.5. The lowest BCUT2D eigenvalue weighted by molar-refractivity contribution is 0.336. The zero-order chi connectivity index (χ0) is 14.3. The van der Waals surface area contributed by atoms with Crippen molar-refractivity contribution < 1.29 is 4.74 Å². The molecule has 0 heterocycles. The van der Waals surface area contributed by atoms with E-state index in [1.165, 1.54) is 12.0 Å². The second kappa shape index (κ2) is 9.27. The highest BCUT2D eigenvalue weighted by Gasteiger charge is 2.08. The molecule has 0 amide bonds. The third-order valence-corrected chi connectivity index (χ3v) is 5.02. The topological polar surface area (TPSA) is 21.3 Å². The molecule has 1 N–H and O–H groups in total. The van der Waals surface area contributed by atoms with Crippen LogP contribution in [-0.4, -0.2) is 24.7 Å². The number of hydrogen-bond acceptors (Lipinski definition) is 3. The van der Waals surface area contributed by atoms with Crippen LogP contribution in [0.15, 0.2) is 21.1 Å². The lowest BCUT2D eigenvalue weighted by Gasteiger charge is -2.12. The smallest absolute Gasteiger partial charge is 0.147 e. The molecule has 0 aliphatic carbocycles. The number of benzene rings is 1. The molecule has 1 unspecified atom stereocenters. The fraction of sp³-hybridized carbons (Fsp3) is 0.571. The van der Waals surface area contributed by atoms with Crippen LogP contribution in [0.4, 0.5) is 0 Å². The monoisotopic (exact) mass is 409 g/mol. The molecular weight excluding hydrogens is 390 g/mol. The molecular formula is C14H21Br2NOS. The summed E-state index contributed by atoms with van der Waals surface area (Å²) in [5.74, 6) is 0.877. The number of rotatable bonds is 8. The van der Waals surface area contributed by atoms with E-state index in [0.29, 0.717) is 11.9 Å². The molecule has 0 aliphatic rings. The Labute approximate surface area is 137 Å². The van der Waals surface area contributed by atoms with Crippen LogP contribution < -0.4 is 10.1 Å². The van der Waals surface area contributed by atoms with Crippen LogP contribution in [0.25, 0.3) is 0 Å². The molecule has 0 aromatic heterocycles. The van der Waals surface area contributed by atoms with Crippen LogP contribution in [0, 0.1) is 0 Å². The van der Waals surface area contributed by atoms with Crippen LogP contribution >= 0.6 is 43.6 Å². The number of thioether (sulfide) groups is 1. The van der Waals surface area contributed by atoms with Gasteiger partial charge in [-0.2, -0.15) is 11.8 Å². The predicted molar refractivity (Wildman–Crippen MR) is 92.3 cm³/mol. The van der Waals surface area contributed by atoms with E-state index in [2.05, 4.69) is 62.5 Å². The highest BCUT2D eigenvalue weighted by molar-refractivity contribution is 9.11. The summed E-state index contributed by atoms with van der Waals surface area (Å²) in [5, 5.41) is 4.19. The number of ether oxygens (including phenoxy) is 1. The third kappa shape index (κ3) is 6.06. The molecule has 0 aliphatic heterocycles. The fourth-order valence-corrected chi connectivity index (χ4v) is 3.52. The lowest BCUT2D eigenvalue weighted by Crippen LogP contribution is -2.17. The second-order valence-corrected chi connectivity index (χ2v) is 7.32. The van der Waals surface area contributed by atoms with Crippen molar-refractivity contribution in [2.75, 3.05) is 19.4 Å². The van der Waals surface area contributed by atoms with E-state index in [-0.39, 0.29) is 0 Å². The SMILES string of the molecule is CCOc1c(Br)cc(CNCCC(C)SC)cc1Br. The van der Waals surface area contributed by atoms with Gasteiger partial charge in [0.2, 0.25) is 0 Å². The van der Waals surface area contributed by atoms with Crippen molar-refractivity contribution in [2.45, 2.75) is 32.1 Å². The maximum absolute atomic E-state index is 5.58. The first kappa shape index (κ1) is 17.3. The van der Waals surface area contributed by atoms with Crippen molar-refractivity contribution in [1.82, 2.24) is 5.32 Å². The summed E-state index contributed by atoms with van der Waals surface area (Å²) in [6.07, 6.45) is 3.35. The van der Waals surface area contributed by atoms with Crippen LogP contribution in [-0.2, 0) is 6.54 Å². The molecule has 5 heteroatoms. The standard InChI is InChI=1S/C14H21Br2NOS/c1-4-18-14-12(15)7-11(8-13(14)16)9-17-6-5-10(2)19-3/h7-8,10,17H,4-6,9H2,1-3H3. The summed E-state index contributed by atoms with van der Waals surface area (Å²) < 4.78 is 7.57. The molecule has 2 nitrogen and oxygen atoms in total. The van der Waals surface area contributed by atoms with Gasteiger partial charge in [0.15, 0.2) is 0 Å². The summed E-state index contributed by atoms with van der Waals surface area (Å²) in [4.78, 5) is 0. The lowest BCUT2D eigenvalue weighted by atomic mass is 10.2. The van der Waals surface area contributed by atoms with E-state index in [1.54, 1.807) is 0 Å². The van der Waals surface area contributed by atoms with E-state index >= 15 is 0 Å². The average Bonchev–Trinajstić information content (AvgIpc) is 2.38. The molecule has 0 radical (unpaired) electrons. The molecule has 108 valence electrons. The minimum absolute atomic E-state index is 0.668. The largest absolute Gasteiger partial charge is 0.492 e. The van der Waals surface area contributed by atoms with Crippen molar-refractivity contribution >= 4 is 43.6 Å². The number of halogens is 2. The van der Waals surface area contributed by atoms with Crippen molar-refractivity contribution in [3.63, 3.8) is 0 Å². The van der Waals surface area contributed by atoms with Gasteiger partial charge in [-0.3, -0.25) is 0 Å². The van der Waals surface area contributed by atoms with Crippen LogP contribution in [0.1, 0.15) is 25.8 Å². The van der Waals surface area contributed by atoms with Gasteiger partial charge in [-0.25, -0.2) is 0 Å². The van der Waals surface area contributed by atoms with Crippen molar-refractivity contribution in [3.05, 3.63) is 26.6 Å². The zero-order valence-electron chi connectivity index (χ0n) is 11.6. The Morgan fingerprint density at radius 3 is 2.47 bits per heavy atom. The maximum atomic E-state index is 5.58. The molecule has 0 bridgehead atoms. The van der Waals surface area contributed by atoms with E-state index < -0.39 is 0 Å². The average molecular weight is 411 g/mol. The van der Waals surface area contributed by atoms with Crippen LogP contribution in [0.3, 0.4) is 0 Å². The fourth-order valence-electron chi connectivity index (χ4n) is 1.65. The first-order valence-corrected chi connectivity index (χ1v) is 9.30. The minimum Gasteiger partial charge on any atom is -0.492 e. The highest BCUT2D eigenvalue weighted by atomic mass is 79.9. The molecule has 1 aromatic carbocycles. The first-order valence-electron chi connectivity index (χ1n) is 6.42. The van der Waals surface area contributed by atoms with Crippen LogP contribution in [0.2, 0.25) is 0 Å². The predicted octanol–water partition coefficient (Wildman–Crippen LogP) is 4.84. The Bertz CT molecular complexity index is 378. The second-order valence-electron chi connectivity index (χ2n) is 4.33. The van der Waals surface area contributed by atoms with E-state index in [1.807, 2.05) is 18.7 Å². The first-order chi connectivity index (χ1) is 9.08. The molecule has 1 aromatic rings. The Hall–Kier alpha value is 0.290. The molecule has 1 atom stereocenters. The van der Waals surface area contributed by atoms with Gasteiger partial charge in [-0.05, 0) is 75.7 Å².